The van der Waals surface area contributed by atoms with Crippen LogP contribution in [0.2, 0.25) is 0 Å². The highest BCUT2D eigenvalue weighted by atomic mass is 35.5. The largest absolute Gasteiger partial charge is 0.350 e. The second-order valence-electron chi connectivity index (χ2n) is 7.31. The quantitative estimate of drug-likeness (QED) is 0.407. The van der Waals surface area contributed by atoms with Crippen LogP contribution in [0.4, 0.5) is 15.8 Å². The second kappa shape index (κ2) is 10.8. The molecule has 2 aliphatic rings. The van der Waals surface area contributed by atoms with E-state index in [2.05, 4.69) is 5.32 Å². The molecule has 29 heavy (non-hydrogen) atoms. The highest BCUT2D eigenvalue weighted by Gasteiger charge is 2.30. The van der Waals surface area contributed by atoms with Gasteiger partial charge in [-0.1, -0.05) is 37.4 Å². The Morgan fingerprint density at radius 3 is 2.69 bits per heavy atom. The third-order valence-corrected chi connectivity index (χ3v) is 6.43. The Hall–Kier alpha value is -1.87. The van der Waals surface area contributed by atoms with Crippen molar-refractivity contribution < 1.29 is 14.1 Å². The van der Waals surface area contributed by atoms with Gasteiger partial charge in [0.25, 0.3) is 5.69 Å². The lowest BCUT2D eigenvalue weighted by Crippen LogP contribution is -2.34. The molecule has 1 heterocycles. The Bertz CT molecular complexity index is 772. The molecule has 3 rings (SSSR count). The van der Waals surface area contributed by atoms with Crippen LogP contribution in [0, 0.1) is 15.9 Å². The fourth-order valence-corrected chi connectivity index (χ4v) is 4.80. The molecule has 1 N–H and O–H groups in total. The number of aliphatic imine (C=N–C) groups is 1. The Morgan fingerprint density at radius 2 is 2.03 bits per heavy atom. The number of benzene rings is 1. The summed E-state index contributed by atoms with van der Waals surface area (Å²) in [4.78, 5) is 29.5. The molecular formula is C19H26ClFN4O3S. The molecule has 0 spiro atoms. The molecule has 160 valence electrons. The van der Waals surface area contributed by atoms with Crippen LogP contribution >= 0.6 is 24.2 Å². The molecule has 1 aliphatic heterocycles. The number of nitro benzene ring substituents is 1. The number of carbonyl (C=O) groups excluding carboxylic acids is 1. The van der Waals surface area contributed by atoms with Gasteiger partial charge in [-0.25, -0.2) is 4.39 Å². The van der Waals surface area contributed by atoms with E-state index in [1.807, 2.05) is 11.9 Å². The van der Waals surface area contributed by atoms with Crippen molar-refractivity contribution in [1.82, 2.24) is 4.90 Å². The Kier molecular flexibility index (Phi) is 8.70. The molecule has 1 saturated heterocycles. The van der Waals surface area contributed by atoms with Crippen molar-refractivity contribution in [2.75, 3.05) is 18.1 Å². The van der Waals surface area contributed by atoms with Crippen LogP contribution in [-0.2, 0) is 4.79 Å². The molecular weight excluding hydrogens is 419 g/mol. The number of nitrogens with one attached hydrogen (secondary N) is 1. The summed E-state index contributed by atoms with van der Waals surface area (Å²) < 4.78 is 13.9. The van der Waals surface area contributed by atoms with Crippen molar-refractivity contribution in [1.29, 1.82) is 0 Å². The minimum atomic E-state index is -0.691. The van der Waals surface area contributed by atoms with Crippen molar-refractivity contribution in [3.63, 3.8) is 0 Å². The third-order valence-electron chi connectivity index (χ3n) is 5.23. The van der Waals surface area contributed by atoms with Gasteiger partial charge in [0, 0.05) is 37.4 Å². The molecule has 1 saturated carbocycles. The molecule has 1 aromatic rings. The summed E-state index contributed by atoms with van der Waals surface area (Å²) in [5.74, 6) is -0.316. The van der Waals surface area contributed by atoms with Gasteiger partial charge in [0.1, 0.15) is 5.82 Å². The standard InChI is InChI=1S/C19H25FN4O3S.ClH/c1-23-15(12-28-19(23)21-13-6-4-2-3-5-7-13)11-18(25)22-17-10-14(24(26)27)8-9-16(17)20;/h8-10,13,15H,2-7,11-12H2,1H3,(H,22,25);1H/b21-19-;. The molecule has 1 unspecified atom stereocenters. The molecule has 1 aromatic carbocycles. The van der Waals surface area contributed by atoms with Crippen LogP contribution in [0.3, 0.4) is 0 Å². The first-order valence-electron chi connectivity index (χ1n) is 9.61. The number of hydrogen-bond donors (Lipinski definition) is 1. The van der Waals surface area contributed by atoms with E-state index in [9.17, 15) is 19.3 Å². The van der Waals surface area contributed by atoms with Crippen molar-refractivity contribution >= 4 is 46.6 Å². The summed E-state index contributed by atoms with van der Waals surface area (Å²) >= 11 is 1.65. The summed E-state index contributed by atoms with van der Waals surface area (Å²) in [5, 5.41) is 14.3. The lowest BCUT2D eigenvalue weighted by molar-refractivity contribution is -0.384. The lowest BCUT2D eigenvalue weighted by atomic mass is 10.1. The first-order valence-corrected chi connectivity index (χ1v) is 10.6. The number of carbonyl (C=O) groups is 1. The van der Waals surface area contributed by atoms with Crippen molar-refractivity contribution in [2.24, 2.45) is 4.99 Å². The first-order chi connectivity index (χ1) is 13.4. The van der Waals surface area contributed by atoms with Crippen LogP contribution < -0.4 is 5.32 Å². The number of amides is 1. The van der Waals surface area contributed by atoms with Gasteiger partial charge in [0.2, 0.25) is 5.91 Å². The smallest absolute Gasteiger partial charge is 0.271 e. The number of halogens is 2. The summed E-state index contributed by atoms with van der Waals surface area (Å²) in [6.45, 7) is 0. The summed E-state index contributed by atoms with van der Waals surface area (Å²) in [6.07, 6.45) is 7.41. The zero-order valence-electron chi connectivity index (χ0n) is 16.3. The Morgan fingerprint density at radius 1 is 1.34 bits per heavy atom. The average Bonchev–Trinajstić information content (AvgIpc) is 2.86. The molecule has 0 radical (unpaired) electrons. The maximum absolute atomic E-state index is 13.9. The summed E-state index contributed by atoms with van der Waals surface area (Å²) in [7, 11) is 1.93. The van der Waals surface area contributed by atoms with E-state index in [0.29, 0.717) is 6.04 Å². The fourth-order valence-electron chi connectivity index (χ4n) is 3.55. The topological polar surface area (TPSA) is 87.8 Å². The number of thioether (sulfide) groups is 1. The summed E-state index contributed by atoms with van der Waals surface area (Å²) in [5.41, 5.74) is -0.428. The number of non-ortho nitro benzene ring substituents is 1. The van der Waals surface area contributed by atoms with E-state index in [0.717, 1.165) is 42.0 Å². The lowest BCUT2D eigenvalue weighted by Gasteiger charge is -2.21. The number of nitrogens with zero attached hydrogens (tertiary/aromatic N) is 3. The number of amidine groups is 1. The van der Waals surface area contributed by atoms with Gasteiger partial charge in [-0.05, 0) is 18.9 Å². The van der Waals surface area contributed by atoms with E-state index < -0.39 is 10.7 Å². The molecule has 10 heteroatoms. The summed E-state index contributed by atoms with van der Waals surface area (Å²) in [6, 6.07) is 3.43. The Labute approximate surface area is 180 Å². The maximum atomic E-state index is 13.9. The van der Waals surface area contributed by atoms with Crippen LogP contribution in [0.5, 0.6) is 0 Å². The number of hydrogen-bond acceptors (Lipinski definition) is 5. The minimum absolute atomic E-state index is 0. The van der Waals surface area contributed by atoms with E-state index in [4.69, 9.17) is 4.99 Å². The fraction of sp³-hybridized carbons (Fsp3) is 0.579. The van der Waals surface area contributed by atoms with E-state index in [1.165, 1.54) is 25.7 Å². The van der Waals surface area contributed by atoms with Crippen LogP contribution in [0.25, 0.3) is 0 Å². The normalized spacial score (nSPS) is 21.5. The van der Waals surface area contributed by atoms with Crippen LogP contribution in [-0.4, -0.2) is 45.8 Å². The van der Waals surface area contributed by atoms with Crippen LogP contribution in [0.15, 0.2) is 23.2 Å². The van der Waals surface area contributed by atoms with E-state index in [1.54, 1.807) is 11.8 Å². The predicted molar refractivity (Wildman–Crippen MR) is 116 cm³/mol. The van der Waals surface area contributed by atoms with Crippen LogP contribution in [0.1, 0.15) is 44.9 Å². The molecule has 0 bridgehead atoms. The minimum Gasteiger partial charge on any atom is -0.350 e. The second-order valence-corrected chi connectivity index (χ2v) is 8.29. The van der Waals surface area contributed by atoms with E-state index in [-0.39, 0.29) is 42.2 Å². The highest BCUT2D eigenvalue weighted by molar-refractivity contribution is 8.14. The SMILES string of the molecule is CN1/C(=N/C2CCCCCC2)SCC1CC(=O)Nc1cc([N+](=O)[O-])ccc1F.Cl. The van der Waals surface area contributed by atoms with Gasteiger partial charge >= 0.3 is 0 Å². The number of anilines is 1. The monoisotopic (exact) mass is 444 g/mol. The zero-order valence-corrected chi connectivity index (χ0v) is 17.9. The van der Waals surface area contributed by atoms with Gasteiger partial charge < -0.3 is 10.2 Å². The average molecular weight is 445 g/mol. The van der Waals surface area contributed by atoms with Gasteiger partial charge in [-0.2, -0.15) is 0 Å². The van der Waals surface area contributed by atoms with Crippen molar-refractivity contribution in [3.05, 3.63) is 34.1 Å². The highest BCUT2D eigenvalue weighted by Crippen LogP contribution is 2.28. The van der Waals surface area contributed by atoms with Gasteiger partial charge in [0.05, 0.1) is 16.7 Å². The van der Waals surface area contributed by atoms with Gasteiger partial charge in [0.15, 0.2) is 5.17 Å². The van der Waals surface area contributed by atoms with Gasteiger partial charge in [-0.3, -0.25) is 19.9 Å². The number of nitro groups is 1. The molecule has 2 fully saturated rings. The first kappa shape index (κ1) is 23.4. The Balaban J connectivity index is 0.00000300. The molecule has 1 aliphatic carbocycles. The number of rotatable bonds is 5. The molecule has 0 aromatic heterocycles. The molecule has 1 atom stereocenters. The van der Waals surface area contributed by atoms with Gasteiger partial charge in [-0.15, -0.1) is 12.4 Å². The maximum Gasteiger partial charge on any atom is 0.271 e. The predicted octanol–water partition coefficient (Wildman–Crippen LogP) is 4.61. The zero-order chi connectivity index (χ0) is 20.1. The molecule has 7 nitrogen and oxygen atoms in total. The molecule has 1 amide bonds. The van der Waals surface area contributed by atoms with Crippen molar-refractivity contribution in [3.8, 4) is 0 Å². The van der Waals surface area contributed by atoms with E-state index >= 15 is 0 Å². The van der Waals surface area contributed by atoms with Crippen molar-refractivity contribution in [2.45, 2.75) is 57.0 Å². The third kappa shape index (κ3) is 6.30.